The Balaban J connectivity index is 2.16. The van der Waals surface area contributed by atoms with E-state index in [1.807, 2.05) is 6.07 Å². The summed E-state index contributed by atoms with van der Waals surface area (Å²) in [7, 11) is 4.88. The molecule has 0 amide bonds. The average Bonchev–Trinajstić information content (AvgIpc) is 3.05. The van der Waals surface area contributed by atoms with Crippen molar-refractivity contribution in [3.05, 3.63) is 40.4 Å². The maximum absolute atomic E-state index is 15.8. The van der Waals surface area contributed by atoms with Gasteiger partial charge in [0, 0.05) is 30.4 Å². The molecule has 0 bridgehead atoms. The molecule has 0 radical (unpaired) electrons. The number of benzene rings is 2. The Bertz CT molecular complexity index is 1380. The second kappa shape index (κ2) is 7.23. The van der Waals surface area contributed by atoms with Gasteiger partial charge >= 0.3 is 6.01 Å². The molecule has 10 heteroatoms. The van der Waals surface area contributed by atoms with Crippen LogP contribution in [0, 0.1) is 23.0 Å². The molecule has 2 heterocycles. The first-order valence-corrected chi connectivity index (χ1v) is 9.79. The SMILES string of the molecule is COc1nc(N(C)C)c2cc(Cl)c(-c3ccc(F)c4sc(N)c(C#N)c34)c(F)c2n1. The number of anilines is 2. The number of rotatable bonds is 3. The van der Waals surface area contributed by atoms with Gasteiger partial charge < -0.3 is 15.4 Å². The van der Waals surface area contributed by atoms with Crippen molar-refractivity contribution >= 4 is 54.7 Å². The minimum atomic E-state index is -0.733. The number of nitriles is 1. The van der Waals surface area contributed by atoms with E-state index in [0.717, 1.165) is 11.3 Å². The zero-order valence-corrected chi connectivity index (χ0v) is 17.6. The largest absolute Gasteiger partial charge is 0.467 e. The molecule has 2 N–H and O–H groups in total. The number of halogens is 3. The number of thiophene rings is 1. The molecule has 0 atom stereocenters. The van der Waals surface area contributed by atoms with Crippen LogP contribution in [-0.2, 0) is 0 Å². The first-order chi connectivity index (χ1) is 14.3. The third-order valence-electron chi connectivity index (χ3n) is 4.65. The Hall–Kier alpha value is -3.22. The third kappa shape index (κ3) is 2.88. The Morgan fingerprint density at radius 1 is 1.27 bits per heavy atom. The summed E-state index contributed by atoms with van der Waals surface area (Å²) in [5.41, 5.74) is 6.21. The van der Waals surface area contributed by atoms with Crippen LogP contribution in [0.15, 0.2) is 18.2 Å². The average molecular weight is 446 g/mol. The number of hydrogen-bond donors (Lipinski definition) is 1. The van der Waals surface area contributed by atoms with Crippen molar-refractivity contribution in [3.63, 3.8) is 0 Å². The minimum Gasteiger partial charge on any atom is -0.467 e. The maximum atomic E-state index is 15.8. The fourth-order valence-corrected chi connectivity index (χ4v) is 4.59. The van der Waals surface area contributed by atoms with Crippen molar-refractivity contribution in [2.24, 2.45) is 0 Å². The smallest absolute Gasteiger partial charge is 0.318 e. The summed E-state index contributed by atoms with van der Waals surface area (Å²) in [6.07, 6.45) is 0. The van der Waals surface area contributed by atoms with E-state index in [0.29, 0.717) is 11.2 Å². The first kappa shape index (κ1) is 20.1. The van der Waals surface area contributed by atoms with E-state index >= 15 is 4.39 Å². The molecule has 0 aliphatic carbocycles. The molecule has 0 spiro atoms. The molecule has 152 valence electrons. The first-order valence-electron chi connectivity index (χ1n) is 8.60. The Morgan fingerprint density at radius 2 is 2.00 bits per heavy atom. The lowest BCUT2D eigenvalue weighted by Gasteiger charge is -2.17. The lowest BCUT2D eigenvalue weighted by atomic mass is 9.97. The van der Waals surface area contributed by atoms with Crippen molar-refractivity contribution in [3.8, 4) is 23.2 Å². The van der Waals surface area contributed by atoms with Crippen molar-refractivity contribution in [1.29, 1.82) is 5.26 Å². The summed E-state index contributed by atoms with van der Waals surface area (Å²) in [6, 6.07) is 6.08. The molecular weight excluding hydrogens is 432 g/mol. The number of hydrogen-bond acceptors (Lipinski definition) is 7. The highest BCUT2D eigenvalue weighted by molar-refractivity contribution is 7.23. The van der Waals surface area contributed by atoms with E-state index in [1.54, 1.807) is 25.1 Å². The summed E-state index contributed by atoms with van der Waals surface area (Å²) >= 11 is 7.42. The number of nitrogens with two attached hydrogens (primary N) is 1. The van der Waals surface area contributed by atoms with Gasteiger partial charge in [-0.2, -0.15) is 15.2 Å². The minimum absolute atomic E-state index is 0.00562. The van der Waals surface area contributed by atoms with E-state index in [4.69, 9.17) is 22.1 Å². The Morgan fingerprint density at radius 3 is 2.63 bits per heavy atom. The van der Waals surface area contributed by atoms with Crippen LogP contribution >= 0.6 is 22.9 Å². The van der Waals surface area contributed by atoms with Gasteiger partial charge in [-0.15, -0.1) is 11.3 Å². The van der Waals surface area contributed by atoms with Crippen LogP contribution in [0.2, 0.25) is 5.02 Å². The molecule has 6 nitrogen and oxygen atoms in total. The molecule has 0 aliphatic rings. The molecular formula is C20H14ClF2N5OS. The number of ether oxygens (including phenoxy) is 1. The van der Waals surface area contributed by atoms with Crippen molar-refractivity contribution in [1.82, 2.24) is 9.97 Å². The summed E-state index contributed by atoms with van der Waals surface area (Å²) in [6.45, 7) is 0. The molecule has 30 heavy (non-hydrogen) atoms. The van der Waals surface area contributed by atoms with E-state index in [1.165, 1.54) is 19.2 Å². The number of methoxy groups -OCH3 is 1. The quantitative estimate of drug-likeness (QED) is 0.479. The second-order valence-corrected chi connectivity index (χ2v) is 8.08. The highest BCUT2D eigenvalue weighted by Gasteiger charge is 2.25. The second-order valence-electron chi connectivity index (χ2n) is 6.62. The van der Waals surface area contributed by atoms with Crippen LogP contribution in [-0.4, -0.2) is 31.2 Å². The summed E-state index contributed by atoms with van der Waals surface area (Å²) in [4.78, 5) is 10.1. The zero-order chi connectivity index (χ0) is 21.7. The van der Waals surface area contributed by atoms with Crippen LogP contribution in [0.3, 0.4) is 0 Å². The Kier molecular flexibility index (Phi) is 4.84. The zero-order valence-electron chi connectivity index (χ0n) is 16.0. The number of nitrogen functional groups attached to an aromatic ring is 1. The van der Waals surface area contributed by atoms with Gasteiger partial charge in [0.05, 0.1) is 22.4 Å². The topological polar surface area (TPSA) is 88.1 Å². The normalized spacial score (nSPS) is 11.1. The predicted octanol–water partition coefficient (Wildman–Crippen LogP) is 4.97. The molecule has 2 aromatic carbocycles. The number of fused-ring (bicyclic) bond motifs is 2. The van der Waals surface area contributed by atoms with E-state index in [-0.39, 0.29) is 48.3 Å². The summed E-state index contributed by atoms with van der Waals surface area (Å²) in [5, 5.41) is 10.3. The van der Waals surface area contributed by atoms with Crippen LogP contribution in [0.4, 0.5) is 19.6 Å². The van der Waals surface area contributed by atoms with Gasteiger partial charge in [0.25, 0.3) is 0 Å². The van der Waals surface area contributed by atoms with Crippen LogP contribution in [0.1, 0.15) is 5.56 Å². The molecule has 4 aromatic rings. The van der Waals surface area contributed by atoms with Gasteiger partial charge in [0.1, 0.15) is 28.2 Å². The molecule has 0 aliphatic heterocycles. The van der Waals surface area contributed by atoms with E-state index in [2.05, 4.69) is 9.97 Å². The van der Waals surface area contributed by atoms with Crippen LogP contribution in [0.5, 0.6) is 6.01 Å². The fourth-order valence-electron chi connectivity index (χ4n) is 3.35. The molecule has 4 rings (SSSR count). The van der Waals surface area contributed by atoms with Gasteiger partial charge in [0.2, 0.25) is 0 Å². The van der Waals surface area contributed by atoms with Gasteiger partial charge in [-0.05, 0) is 17.7 Å². The van der Waals surface area contributed by atoms with E-state index < -0.39 is 11.6 Å². The van der Waals surface area contributed by atoms with Crippen molar-refractivity contribution in [2.45, 2.75) is 0 Å². The van der Waals surface area contributed by atoms with Gasteiger partial charge in [-0.1, -0.05) is 17.7 Å². The highest BCUT2D eigenvalue weighted by Crippen LogP contribution is 2.45. The standard InChI is InChI=1S/C20H14ClF2N5OS/c1-28(2)19-9-6-11(21)14(15(23)16(9)26-20(27-19)29-3)8-4-5-12(22)17-13(8)10(7-24)18(25)30-17/h4-6H,25H2,1-3H3. The van der Waals surface area contributed by atoms with E-state index in [9.17, 15) is 9.65 Å². The summed E-state index contributed by atoms with van der Waals surface area (Å²) in [5.74, 6) is -0.864. The maximum Gasteiger partial charge on any atom is 0.318 e. The Labute approximate surface area is 179 Å². The number of aromatic nitrogens is 2. The number of nitrogens with zero attached hydrogens (tertiary/aromatic N) is 4. The van der Waals surface area contributed by atoms with Crippen LogP contribution < -0.4 is 15.4 Å². The lowest BCUT2D eigenvalue weighted by Crippen LogP contribution is -2.13. The predicted molar refractivity (Wildman–Crippen MR) is 115 cm³/mol. The van der Waals surface area contributed by atoms with Gasteiger partial charge in [0.15, 0.2) is 5.82 Å². The highest BCUT2D eigenvalue weighted by atomic mass is 35.5. The molecule has 0 unspecified atom stereocenters. The van der Waals surface area contributed by atoms with Gasteiger partial charge in [-0.3, -0.25) is 0 Å². The fraction of sp³-hybridized carbons (Fsp3) is 0.150. The van der Waals surface area contributed by atoms with Crippen molar-refractivity contribution in [2.75, 3.05) is 31.8 Å². The van der Waals surface area contributed by atoms with Crippen LogP contribution in [0.25, 0.3) is 32.1 Å². The lowest BCUT2D eigenvalue weighted by molar-refractivity contribution is 0.381. The van der Waals surface area contributed by atoms with Gasteiger partial charge in [-0.25, -0.2) is 8.78 Å². The summed E-state index contributed by atoms with van der Waals surface area (Å²) < 4.78 is 35.4. The molecule has 2 aromatic heterocycles. The van der Waals surface area contributed by atoms with Crippen molar-refractivity contribution < 1.29 is 13.5 Å². The molecule has 0 saturated heterocycles. The monoisotopic (exact) mass is 445 g/mol. The molecule has 0 saturated carbocycles. The molecule has 0 fully saturated rings. The third-order valence-corrected chi connectivity index (χ3v) is 5.97.